The summed E-state index contributed by atoms with van der Waals surface area (Å²) in [7, 11) is 0. The van der Waals surface area contributed by atoms with Gasteiger partial charge in [-0.1, -0.05) is 211 Å². The Morgan fingerprint density at radius 1 is 0.479 bits per heavy atom. The maximum atomic E-state index is 9.54. The van der Waals surface area contributed by atoms with Crippen LogP contribution in [0.25, 0.3) is 72.1 Å². The lowest BCUT2D eigenvalue weighted by atomic mass is 9.82. The molecule has 9 aromatic carbocycles. The van der Waals surface area contributed by atoms with Gasteiger partial charge in [0.05, 0.1) is 32.2 Å². The second-order valence-electron chi connectivity index (χ2n) is 21.0. The van der Waals surface area contributed by atoms with Gasteiger partial charge in [0.25, 0.3) is 0 Å². The predicted molar refractivity (Wildman–Crippen MR) is 306 cm³/mol. The quantitative estimate of drug-likeness (QED) is 0.144. The Hall–Kier alpha value is -8.67. The zero-order chi connectivity index (χ0) is 52.5. The summed E-state index contributed by atoms with van der Waals surface area (Å²) >= 11 is 0. The Labute approximate surface area is 433 Å². The fourth-order valence-corrected chi connectivity index (χ4v) is 10.6. The van der Waals surface area contributed by atoms with Gasteiger partial charge in [0.15, 0.2) is 0 Å². The first-order valence-electron chi connectivity index (χ1n) is 26.6. The van der Waals surface area contributed by atoms with Crippen LogP contribution in [0, 0.1) is 0 Å². The van der Waals surface area contributed by atoms with Crippen LogP contribution in [0.5, 0.6) is 11.5 Å². The smallest absolute Gasteiger partial charge is 0.137 e. The summed E-state index contributed by atoms with van der Waals surface area (Å²) < 4.78 is 37.6. The molecule has 5 nitrogen and oxygen atoms in total. The molecule has 73 heavy (non-hydrogen) atoms. The van der Waals surface area contributed by atoms with Gasteiger partial charge in [0.1, 0.15) is 24.0 Å². The van der Waals surface area contributed by atoms with Crippen LogP contribution in [0.2, 0.25) is 0 Å². The minimum absolute atomic E-state index is 0.0419. The number of para-hydroxylation sites is 4. The summed E-state index contributed by atoms with van der Waals surface area (Å²) in [6, 6.07) is 71.0. The van der Waals surface area contributed by atoms with E-state index in [2.05, 4.69) is 220 Å². The van der Waals surface area contributed by atoms with E-state index in [0.717, 1.165) is 89.2 Å². The van der Waals surface area contributed by atoms with E-state index in [-0.39, 0.29) is 34.7 Å². The second kappa shape index (κ2) is 18.2. The molecular weight excluding hydrogens is 889 g/mol. The van der Waals surface area contributed by atoms with E-state index in [0.29, 0.717) is 18.1 Å². The van der Waals surface area contributed by atoms with Gasteiger partial charge in [0, 0.05) is 51.5 Å². The third-order valence-corrected chi connectivity index (χ3v) is 14.2. The SMILES string of the molecule is [2H]c1c(Oc2cc(-c3ccc(C(C)(C)C)cc3)c3c4ccccc4n(-c4cc(C(C)(C)C)c(-c5ccccc5)cn4)c3c2)cc(N2CN(c3c(-c4ccccc4)cccc3-c3ccccc3)c3ccccc32)c([2H])c1[2H]. The van der Waals surface area contributed by atoms with Crippen molar-refractivity contribution >= 4 is 44.6 Å². The lowest BCUT2D eigenvalue weighted by Gasteiger charge is -2.27. The second-order valence-corrected chi connectivity index (χ2v) is 21.0. The van der Waals surface area contributed by atoms with Crippen LogP contribution in [0.15, 0.2) is 231 Å². The number of pyridine rings is 1. The standard InChI is InChI=1S/C68H58N4O/c1-67(2,3)50-38-36-49(37-39-50)57-41-53(42-63-65(57)56-30-16-17-33-60(56)72(63)64-43-59(68(4,5)6)58(44-69-64)48-26-14-9-15-27-48)73-52-29-20-28-51(40-52)70-45-71(62-35-19-18-34-61(62)70)66-54(46-22-10-7-11-23-46)31-21-32-55(66)47-24-12-8-13-25-47/h7-44H,45H2,1-6H3/i20D,28D,29D. The normalized spacial score (nSPS) is 13.3. The third kappa shape index (κ3) is 8.41. The highest BCUT2D eigenvalue weighted by atomic mass is 16.5. The molecule has 0 fully saturated rings. The summed E-state index contributed by atoms with van der Waals surface area (Å²) in [5.41, 5.74) is 15.9. The fourth-order valence-electron chi connectivity index (χ4n) is 10.6. The molecule has 12 rings (SSSR count). The highest BCUT2D eigenvalue weighted by Crippen LogP contribution is 2.51. The van der Waals surface area contributed by atoms with E-state index >= 15 is 0 Å². The van der Waals surface area contributed by atoms with Gasteiger partial charge in [-0.3, -0.25) is 4.57 Å². The Morgan fingerprint density at radius 3 is 1.68 bits per heavy atom. The van der Waals surface area contributed by atoms with Crippen molar-refractivity contribution in [3.05, 3.63) is 242 Å². The molecule has 0 spiro atoms. The summed E-state index contributed by atoms with van der Waals surface area (Å²) in [5.74, 6) is 1.45. The molecule has 356 valence electrons. The maximum absolute atomic E-state index is 9.54. The Kier molecular flexibility index (Phi) is 10.5. The van der Waals surface area contributed by atoms with E-state index in [1.807, 2.05) is 42.6 Å². The summed E-state index contributed by atoms with van der Waals surface area (Å²) in [6.45, 7) is 13.8. The molecule has 3 heterocycles. The van der Waals surface area contributed by atoms with Crippen LogP contribution >= 0.6 is 0 Å². The van der Waals surface area contributed by atoms with Gasteiger partial charge in [-0.15, -0.1) is 0 Å². The van der Waals surface area contributed by atoms with Gasteiger partial charge in [-0.2, -0.15) is 0 Å². The van der Waals surface area contributed by atoms with E-state index in [4.69, 9.17) is 9.72 Å². The number of hydrogen-bond donors (Lipinski definition) is 0. The Balaban J connectivity index is 1.03. The average Bonchev–Trinajstić information content (AvgIpc) is 4.00. The molecule has 0 aliphatic carbocycles. The monoisotopic (exact) mass is 949 g/mol. The molecule has 0 radical (unpaired) electrons. The molecule has 0 bridgehead atoms. The molecule has 2 aromatic heterocycles. The van der Waals surface area contributed by atoms with Gasteiger partial charge in [0.2, 0.25) is 0 Å². The number of hydrogen-bond acceptors (Lipinski definition) is 4. The fraction of sp³-hybridized carbons (Fsp3) is 0.132. The molecule has 5 heteroatoms. The van der Waals surface area contributed by atoms with Gasteiger partial charge in [-0.25, -0.2) is 4.98 Å². The minimum atomic E-state index is -0.219. The van der Waals surface area contributed by atoms with E-state index in [1.165, 1.54) is 11.1 Å². The number of anilines is 4. The van der Waals surface area contributed by atoms with E-state index < -0.39 is 0 Å². The third-order valence-electron chi connectivity index (χ3n) is 14.2. The first-order valence-corrected chi connectivity index (χ1v) is 25.1. The van der Waals surface area contributed by atoms with Crippen molar-refractivity contribution in [1.82, 2.24) is 9.55 Å². The van der Waals surface area contributed by atoms with E-state index in [9.17, 15) is 4.11 Å². The number of aromatic nitrogens is 2. The van der Waals surface area contributed by atoms with Crippen LogP contribution < -0.4 is 14.5 Å². The maximum Gasteiger partial charge on any atom is 0.137 e. The Bertz CT molecular complexity index is 3930. The number of rotatable bonds is 9. The molecule has 0 saturated carbocycles. The van der Waals surface area contributed by atoms with Crippen molar-refractivity contribution in [2.45, 2.75) is 52.4 Å². The first kappa shape index (κ1) is 42.1. The van der Waals surface area contributed by atoms with Crippen LogP contribution in [-0.4, -0.2) is 16.2 Å². The molecule has 0 saturated heterocycles. The van der Waals surface area contributed by atoms with Crippen molar-refractivity contribution in [3.8, 4) is 61.8 Å². The number of benzene rings is 9. The van der Waals surface area contributed by atoms with Crippen LogP contribution in [0.3, 0.4) is 0 Å². The van der Waals surface area contributed by atoms with Crippen molar-refractivity contribution in [1.29, 1.82) is 0 Å². The summed E-state index contributed by atoms with van der Waals surface area (Å²) in [5, 5.41) is 2.12. The Morgan fingerprint density at radius 2 is 1.05 bits per heavy atom. The molecular formula is C68H58N4O. The minimum Gasteiger partial charge on any atom is -0.457 e. The zero-order valence-electron chi connectivity index (χ0n) is 45.1. The average molecular weight is 950 g/mol. The molecule has 0 unspecified atom stereocenters. The van der Waals surface area contributed by atoms with Crippen LogP contribution in [0.4, 0.5) is 22.7 Å². The van der Waals surface area contributed by atoms with Gasteiger partial charge >= 0.3 is 0 Å². The van der Waals surface area contributed by atoms with Crippen molar-refractivity contribution in [2.24, 2.45) is 0 Å². The first-order chi connectivity index (χ1) is 36.7. The lowest BCUT2D eigenvalue weighted by Crippen LogP contribution is -2.24. The molecule has 0 N–H and O–H groups in total. The van der Waals surface area contributed by atoms with E-state index in [1.54, 1.807) is 6.07 Å². The molecule has 1 aliphatic rings. The molecule has 0 amide bonds. The number of nitrogens with zero attached hydrogens (tertiary/aromatic N) is 4. The highest BCUT2D eigenvalue weighted by Gasteiger charge is 2.32. The summed E-state index contributed by atoms with van der Waals surface area (Å²) in [4.78, 5) is 9.64. The van der Waals surface area contributed by atoms with Crippen LogP contribution in [0.1, 0.15) is 56.8 Å². The predicted octanol–water partition coefficient (Wildman–Crippen LogP) is 18.5. The lowest BCUT2D eigenvalue weighted by molar-refractivity contribution is 0.483. The molecule has 11 aromatic rings. The molecule has 1 aliphatic heterocycles. The largest absolute Gasteiger partial charge is 0.457 e. The molecule has 0 atom stereocenters. The zero-order valence-corrected chi connectivity index (χ0v) is 42.1. The van der Waals surface area contributed by atoms with Gasteiger partial charge in [-0.05, 0) is 92.2 Å². The van der Waals surface area contributed by atoms with Crippen molar-refractivity contribution in [3.63, 3.8) is 0 Å². The van der Waals surface area contributed by atoms with Gasteiger partial charge < -0.3 is 14.5 Å². The topological polar surface area (TPSA) is 33.5 Å². The number of fused-ring (bicyclic) bond motifs is 4. The van der Waals surface area contributed by atoms with Crippen LogP contribution in [-0.2, 0) is 10.8 Å². The van der Waals surface area contributed by atoms with Crippen molar-refractivity contribution in [2.75, 3.05) is 16.5 Å². The number of ether oxygens (including phenoxy) is 1. The highest BCUT2D eigenvalue weighted by molar-refractivity contribution is 6.16. The summed E-state index contributed by atoms with van der Waals surface area (Å²) in [6.07, 6.45) is 2.00. The van der Waals surface area contributed by atoms with Crippen molar-refractivity contribution < 1.29 is 8.85 Å².